The Balaban J connectivity index is 2.41. The number of aromatic amines is 1. The summed E-state index contributed by atoms with van der Waals surface area (Å²) in [6.07, 6.45) is 0.474. The minimum absolute atomic E-state index is 0.140. The summed E-state index contributed by atoms with van der Waals surface area (Å²) in [6, 6.07) is 4.85. The van der Waals surface area contributed by atoms with Gasteiger partial charge in [-0.1, -0.05) is 0 Å². The van der Waals surface area contributed by atoms with Crippen molar-refractivity contribution < 1.29 is 18.3 Å². The highest BCUT2D eigenvalue weighted by Crippen LogP contribution is 2.32. The first kappa shape index (κ1) is 11.3. The van der Waals surface area contributed by atoms with Crippen LogP contribution >= 0.6 is 0 Å². The van der Waals surface area contributed by atoms with Gasteiger partial charge in [-0.2, -0.15) is 4.99 Å². The van der Waals surface area contributed by atoms with Crippen LogP contribution in [-0.2, 0) is 4.79 Å². The second kappa shape index (κ2) is 4.76. The van der Waals surface area contributed by atoms with Gasteiger partial charge >= 0.3 is 0 Å². The predicted molar refractivity (Wildman–Crippen MR) is 57.6 cm³/mol. The number of aliphatic imine (C=N–C) groups is 1. The molecule has 17 heavy (non-hydrogen) atoms. The van der Waals surface area contributed by atoms with Crippen LogP contribution in [0.1, 0.15) is 0 Å². The number of nitrogens with zero attached hydrogens (tertiary/aromatic N) is 1. The Bertz CT molecular complexity index is 574. The lowest BCUT2D eigenvalue weighted by atomic mass is 10.2. The van der Waals surface area contributed by atoms with E-state index in [4.69, 9.17) is 4.74 Å². The molecule has 0 unspecified atom stereocenters. The number of alkyl halides is 2. The van der Waals surface area contributed by atoms with Gasteiger partial charge in [0.15, 0.2) is 0 Å². The number of nitrogens with one attached hydrogen (secondary N) is 1. The summed E-state index contributed by atoms with van der Waals surface area (Å²) in [7, 11) is 0. The van der Waals surface area contributed by atoms with Gasteiger partial charge in [-0.05, 0) is 18.2 Å². The summed E-state index contributed by atoms with van der Waals surface area (Å²) in [4.78, 5) is 16.6. The van der Waals surface area contributed by atoms with Crippen molar-refractivity contribution in [3.05, 3.63) is 24.4 Å². The summed E-state index contributed by atoms with van der Waals surface area (Å²) >= 11 is 0. The van der Waals surface area contributed by atoms with Gasteiger partial charge in [0.2, 0.25) is 6.08 Å². The van der Waals surface area contributed by atoms with Crippen LogP contribution in [0.15, 0.2) is 29.4 Å². The normalized spacial score (nSPS) is 10.5. The van der Waals surface area contributed by atoms with Crippen molar-refractivity contribution in [2.45, 2.75) is 6.43 Å². The van der Waals surface area contributed by atoms with Crippen molar-refractivity contribution in [1.82, 2.24) is 4.98 Å². The van der Waals surface area contributed by atoms with E-state index < -0.39 is 13.0 Å². The van der Waals surface area contributed by atoms with E-state index in [0.29, 0.717) is 0 Å². The average molecular weight is 238 g/mol. The molecule has 0 aliphatic rings. The Labute approximate surface area is 94.9 Å². The highest BCUT2D eigenvalue weighted by Gasteiger charge is 2.09. The van der Waals surface area contributed by atoms with Gasteiger partial charge in [-0.15, -0.1) is 0 Å². The second-order valence-corrected chi connectivity index (χ2v) is 3.29. The summed E-state index contributed by atoms with van der Waals surface area (Å²) in [5.74, 6) is 0.140. The van der Waals surface area contributed by atoms with Crippen molar-refractivity contribution >= 4 is 22.7 Å². The van der Waals surface area contributed by atoms with E-state index in [0.717, 1.165) is 10.9 Å². The van der Waals surface area contributed by atoms with Crippen molar-refractivity contribution in [1.29, 1.82) is 0 Å². The summed E-state index contributed by atoms with van der Waals surface area (Å²) in [5, 5.41) is 0.791. The molecule has 2 aromatic rings. The number of hydrogen-bond acceptors (Lipinski definition) is 3. The van der Waals surface area contributed by atoms with Crippen LogP contribution in [0.4, 0.5) is 14.5 Å². The average Bonchev–Trinajstić information content (AvgIpc) is 2.73. The molecule has 0 atom stereocenters. The molecule has 4 nitrogen and oxygen atoms in total. The van der Waals surface area contributed by atoms with Crippen LogP contribution in [-0.4, -0.2) is 24.1 Å². The third kappa shape index (κ3) is 2.49. The van der Waals surface area contributed by atoms with Crippen LogP contribution < -0.4 is 4.74 Å². The zero-order valence-corrected chi connectivity index (χ0v) is 8.61. The maximum absolute atomic E-state index is 12.1. The molecule has 0 fully saturated rings. The third-order valence-corrected chi connectivity index (χ3v) is 2.16. The third-order valence-electron chi connectivity index (χ3n) is 2.16. The van der Waals surface area contributed by atoms with Gasteiger partial charge in [-0.25, -0.2) is 13.6 Å². The standard InChI is InChI=1S/C11H8F2N2O2/c12-11(13)5-17-10-3-7-1-2-14-8(7)4-9(10)15-6-16/h1-4,11,14H,5H2. The van der Waals surface area contributed by atoms with Crippen molar-refractivity contribution in [2.24, 2.45) is 4.99 Å². The van der Waals surface area contributed by atoms with Gasteiger partial charge in [0.1, 0.15) is 18.0 Å². The molecule has 1 aromatic carbocycles. The number of hydrogen-bond donors (Lipinski definition) is 1. The fourth-order valence-corrected chi connectivity index (χ4v) is 1.47. The van der Waals surface area contributed by atoms with E-state index in [9.17, 15) is 13.6 Å². The Morgan fingerprint density at radius 3 is 3.00 bits per heavy atom. The van der Waals surface area contributed by atoms with E-state index >= 15 is 0 Å². The van der Waals surface area contributed by atoms with Crippen LogP contribution in [0.2, 0.25) is 0 Å². The minimum atomic E-state index is -2.58. The number of carbonyl (C=O) groups excluding carboxylic acids is 1. The fraction of sp³-hybridized carbons (Fsp3) is 0.182. The lowest BCUT2D eigenvalue weighted by Gasteiger charge is -2.07. The number of rotatable bonds is 4. The molecule has 0 saturated carbocycles. The first-order chi connectivity index (χ1) is 8.20. The molecule has 1 N–H and O–H groups in total. The molecule has 1 aromatic heterocycles. The highest BCUT2D eigenvalue weighted by atomic mass is 19.3. The number of isocyanates is 1. The molecule has 0 spiro atoms. The molecular weight excluding hydrogens is 230 g/mol. The number of aromatic nitrogens is 1. The number of halogens is 2. The molecule has 2 rings (SSSR count). The summed E-state index contributed by atoms with van der Waals surface area (Å²) in [6.45, 7) is -0.739. The van der Waals surface area contributed by atoms with Gasteiger partial charge < -0.3 is 9.72 Å². The number of benzene rings is 1. The molecule has 0 saturated heterocycles. The SMILES string of the molecule is O=C=Nc1cc2[nH]ccc2cc1OCC(F)F. The van der Waals surface area contributed by atoms with Gasteiger partial charge in [-0.3, -0.25) is 0 Å². The zero-order valence-electron chi connectivity index (χ0n) is 8.61. The summed E-state index contributed by atoms with van der Waals surface area (Å²) < 4.78 is 29.0. The van der Waals surface area contributed by atoms with Gasteiger partial charge in [0.25, 0.3) is 6.43 Å². The lowest BCUT2D eigenvalue weighted by Crippen LogP contribution is -2.06. The molecule has 6 heteroatoms. The van der Waals surface area contributed by atoms with E-state index in [1.807, 2.05) is 0 Å². The van der Waals surface area contributed by atoms with E-state index in [1.54, 1.807) is 24.4 Å². The lowest BCUT2D eigenvalue weighted by molar-refractivity contribution is 0.0823. The summed E-state index contributed by atoms with van der Waals surface area (Å²) in [5.41, 5.74) is 0.916. The maximum atomic E-state index is 12.1. The Kier molecular flexibility index (Phi) is 3.16. The largest absolute Gasteiger partial charge is 0.485 e. The monoisotopic (exact) mass is 238 g/mol. The Morgan fingerprint density at radius 1 is 1.47 bits per heavy atom. The highest BCUT2D eigenvalue weighted by molar-refractivity contribution is 5.85. The molecule has 0 amide bonds. The molecule has 0 bridgehead atoms. The molecular formula is C11H8F2N2O2. The Morgan fingerprint density at radius 2 is 2.29 bits per heavy atom. The van der Waals surface area contributed by atoms with Crippen LogP contribution in [0.5, 0.6) is 5.75 Å². The molecule has 0 aliphatic heterocycles. The number of ether oxygens (including phenoxy) is 1. The number of fused-ring (bicyclic) bond motifs is 1. The van der Waals surface area contributed by atoms with Crippen LogP contribution in [0.3, 0.4) is 0 Å². The first-order valence-corrected chi connectivity index (χ1v) is 4.80. The van der Waals surface area contributed by atoms with Crippen LogP contribution in [0, 0.1) is 0 Å². The smallest absolute Gasteiger partial charge is 0.272 e. The van der Waals surface area contributed by atoms with E-state index in [-0.39, 0.29) is 11.4 Å². The second-order valence-electron chi connectivity index (χ2n) is 3.29. The van der Waals surface area contributed by atoms with Gasteiger partial charge in [0.05, 0.1) is 0 Å². The van der Waals surface area contributed by atoms with E-state index in [1.165, 1.54) is 6.08 Å². The zero-order chi connectivity index (χ0) is 12.3. The van der Waals surface area contributed by atoms with Crippen molar-refractivity contribution in [3.8, 4) is 5.75 Å². The molecule has 0 radical (unpaired) electrons. The van der Waals surface area contributed by atoms with Crippen LogP contribution in [0.25, 0.3) is 10.9 Å². The predicted octanol–water partition coefficient (Wildman–Crippen LogP) is 2.78. The number of H-pyrrole nitrogens is 1. The molecule has 1 heterocycles. The first-order valence-electron chi connectivity index (χ1n) is 4.80. The molecule has 88 valence electrons. The van der Waals surface area contributed by atoms with Gasteiger partial charge in [0, 0.05) is 17.1 Å². The van der Waals surface area contributed by atoms with E-state index in [2.05, 4.69) is 9.98 Å². The van der Waals surface area contributed by atoms with Crippen molar-refractivity contribution in [3.63, 3.8) is 0 Å². The maximum Gasteiger partial charge on any atom is 0.272 e. The fourth-order valence-electron chi connectivity index (χ4n) is 1.47. The molecule has 0 aliphatic carbocycles. The Hall–Kier alpha value is -2.20. The minimum Gasteiger partial charge on any atom is -0.485 e. The quantitative estimate of drug-likeness (QED) is 0.657. The topological polar surface area (TPSA) is 54.5 Å². The van der Waals surface area contributed by atoms with Crippen molar-refractivity contribution in [2.75, 3.05) is 6.61 Å².